The lowest BCUT2D eigenvalue weighted by Crippen LogP contribution is -2.49. The van der Waals surface area contributed by atoms with E-state index in [9.17, 15) is 28.0 Å². The zero-order valence-electron chi connectivity index (χ0n) is 23.0. The first-order valence-electron chi connectivity index (χ1n) is 12.9. The Morgan fingerprint density at radius 3 is 2.35 bits per heavy atom. The summed E-state index contributed by atoms with van der Waals surface area (Å²) in [5.74, 6) is 0.0297. The van der Waals surface area contributed by atoms with Crippen LogP contribution in [0.3, 0.4) is 0 Å². The Labute approximate surface area is 236 Å². The Kier molecular flexibility index (Phi) is 9.97. The SMILES string of the molecule is CCSc1ccc(C#N)cc1CNC(=O)c1cc(C(F)(F)F)c(CN2CCN(C(=O)OC(C)(C)C)CC2)cc1N. The molecule has 2 amide bonds. The topological polar surface area (TPSA) is 112 Å². The number of piperazine rings is 1. The molecule has 3 rings (SSSR count). The molecule has 0 atom stereocenters. The van der Waals surface area contributed by atoms with Gasteiger partial charge in [0, 0.05) is 49.9 Å². The number of thioether (sulfide) groups is 1. The maximum atomic E-state index is 14.1. The second-order valence-corrected chi connectivity index (χ2v) is 11.7. The molecule has 0 aliphatic carbocycles. The van der Waals surface area contributed by atoms with Gasteiger partial charge in [-0.15, -0.1) is 11.8 Å². The van der Waals surface area contributed by atoms with Crippen molar-refractivity contribution in [2.24, 2.45) is 0 Å². The standard InChI is InChI=1S/C28H34F3N5O3S/c1-5-40-24-7-6-18(15-32)12-19(24)16-34-25(37)21-14-22(28(29,30)31)20(13-23(21)33)17-35-8-10-36(11-9-35)26(38)39-27(2,3)4/h6-7,12-14H,5,8-11,16-17,33H2,1-4H3,(H,34,37). The van der Waals surface area contributed by atoms with Crippen molar-refractivity contribution in [3.8, 4) is 6.07 Å². The van der Waals surface area contributed by atoms with E-state index >= 15 is 0 Å². The minimum absolute atomic E-state index is 0.0289. The summed E-state index contributed by atoms with van der Waals surface area (Å²) in [7, 11) is 0. The molecular weight excluding hydrogens is 543 g/mol. The van der Waals surface area contributed by atoms with Crippen LogP contribution >= 0.6 is 11.8 Å². The number of carbonyl (C=O) groups excluding carboxylic acids is 2. The number of amides is 2. The quantitative estimate of drug-likeness (QED) is 0.341. The molecule has 1 heterocycles. The van der Waals surface area contributed by atoms with Crippen LogP contribution in [0.25, 0.3) is 0 Å². The third-order valence-electron chi connectivity index (χ3n) is 6.17. The predicted molar refractivity (Wildman–Crippen MR) is 148 cm³/mol. The molecule has 40 heavy (non-hydrogen) atoms. The predicted octanol–water partition coefficient (Wildman–Crippen LogP) is 5.25. The van der Waals surface area contributed by atoms with Gasteiger partial charge in [0.2, 0.25) is 0 Å². The van der Waals surface area contributed by atoms with E-state index in [2.05, 4.69) is 5.32 Å². The third kappa shape index (κ3) is 8.29. The molecule has 2 aromatic carbocycles. The van der Waals surface area contributed by atoms with Crippen LogP contribution < -0.4 is 11.1 Å². The van der Waals surface area contributed by atoms with E-state index in [0.29, 0.717) is 37.3 Å². The number of nitrogens with two attached hydrogens (primary N) is 1. The minimum Gasteiger partial charge on any atom is -0.444 e. The summed E-state index contributed by atoms with van der Waals surface area (Å²) in [6.07, 6.45) is -5.16. The van der Waals surface area contributed by atoms with Crippen molar-refractivity contribution in [2.75, 3.05) is 37.7 Å². The highest BCUT2D eigenvalue weighted by atomic mass is 32.2. The van der Waals surface area contributed by atoms with Gasteiger partial charge < -0.3 is 20.7 Å². The second-order valence-electron chi connectivity index (χ2n) is 10.4. The van der Waals surface area contributed by atoms with E-state index in [4.69, 9.17) is 10.5 Å². The number of nitrogen functional groups attached to an aromatic ring is 1. The zero-order valence-corrected chi connectivity index (χ0v) is 23.8. The number of hydrogen-bond donors (Lipinski definition) is 2. The van der Waals surface area contributed by atoms with E-state index in [1.165, 1.54) is 22.7 Å². The molecule has 3 N–H and O–H groups in total. The van der Waals surface area contributed by atoms with Gasteiger partial charge in [0.15, 0.2) is 0 Å². The summed E-state index contributed by atoms with van der Waals surface area (Å²) < 4.78 is 47.6. The molecule has 1 aliphatic heterocycles. The van der Waals surface area contributed by atoms with Gasteiger partial charge in [0.05, 0.1) is 22.8 Å². The number of ether oxygens (including phenoxy) is 1. The van der Waals surface area contributed by atoms with Gasteiger partial charge in [-0.2, -0.15) is 18.4 Å². The van der Waals surface area contributed by atoms with Crippen molar-refractivity contribution in [3.05, 3.63) is 58.1 Å². The lowest BCUT2D eigenvalue weighted by Gasteiger charge is -2.36. The first kappa shape index (κ1) is 31.1. The monoisotopic (exact) mass is 577 g/mol. The molecule has 1 fully saturated rings. The van der Waals surface area contributed by atoms with Crippen molar-refractivity contribution in [1.82, 2.24) is 15.1 Å². The highest BCUT2D eigenvalue weighted by Gasteiger charge is 2.36. The van der Waals surface area contributed by atoms with Crippen LogP contribution in [0.15, 0.2) is 35.2 Å². The van der Waals surface area contributed by atoms with E-state index < -0.39 is 29.3 Å². The van der Waals surface area contributed by atoms with E-state index in [1.807, 2.05) is 13.0 Å². The molecule has 1 saturated heterocycles. The molecule has 0 unspecified atom stereocenters. The fourth-order valence-corrected chi connectivity index (χ4v) is 5.06. The summed E-state index contributed by atoms with van der Waals surface area (Å²) in [5.41, 5.74) is 5.24. The Bertz CT molecular complexity index is 1280. The van der Waals surface area contributed by atoms with Crippen molar-refractivity contribution < 1.29 is 27.5 Å². The summed E-state index contributed by atoms with van der Waals surface area (Å²) in [6, 6.07) is 9.15. The van der Waals surface area contributed by atoms with Gasteiger partial charge in [0.25, 0.3) is 5.91 Å². The Morgan fingerprint density at radius 2 is 1.77 bits per heavy atom. The first-order valence-corrected chi connectivity index (χ1v) is 13.8. The van der Waals surface area contributed by atoms with Gasteiger partial charge in [-0.3, -0.25) is 9.69 Å². The van der Waals surface area contributed by atoms with Crippen LogP contribution in [-0.4, -0.2) is 59.3 Å². The minimum atomic E-state index is -4.71. The Balaban J connectivity index is 1.75. The summed E-state index contributed by atoms with van der Waals surface area (Å²) in [6.45, 7) is 8.61. The highest BCUT2D eigenvalue weighted by molar-refractivity contribution is 7.99. The molecule has 216 valence electrons. The molecule has 0 saturated carbocycles. The van der Waals surface area contributed by atoms with Crippen molar-refractivity contribution >= 4 is 29.4 Å². The first-order chi connectivity index (χ1) is 18.7. The van der Waals surface area contributed by atoms with Gasteiger partial charge in [-0.25, -0.2) is 4.79 Å². The Hall–Kier alpha value is -3.43. The number of nitriles is 1. The number of anilines is 1. The molecule has 8 nitrogen and oxygen atoms in total. The third-order valence-corrected chi connectivity index (χ3v) is 7.17. The zero-order chi connectivity index (χ0) is 29.7. The molecule has 0 aromatic heterocycles. The molecule has 1 aliphatic rings. The summed E-state index contributed by atoms with van der Waals surface area (Å²) >= 11 is 1.53. The largest absolute Gasteiger partial charge is 0.444 e. The van der Waals surface area contributed by atoms with Crippen LogP contribution in [0, 0.1) is 11.3 Å². The number of hydrogen-bond acceptors (Lipinski definition) is 7. The fourth-order valence-electron chi connectivity index (χ4n) is 4.27. The number of benzene rings is 2. The van der Waals surface area contributed by atoms with Gasteiger partial charge in [-0.05, 0) is 68.0 Å². The van der Waals surface area contributed by atoms with Crippen LogP contribution in [0.1, 0.15) is 60.3 Å². The van der Waals surface area contributed by atoms with E-state index in [-0.39, 0.29) is 29.9 Å². The molecule has 0 spiro atoms. The number of alkyl halides is 3. The summed E-state index contributed by atoms with van der Waals surface area (Å²) in [5, 5.41) is 11.9. The highest BCUT2D eigenvalue weighted by Crippen LogP contribution is 2.35. The number of halogens is 3. The molecule has 12 heteroatoms. The van der Waals surface area contributed by atoms with E-state index in [1.54, 1.807) is 43.9 Å². The second kappa shape index (κ2) is 12.8. The maximum absolute atomic E-state index is 14.1. The average molecular weight is 578 g/mol. The number of carbonyl (C=O) groups is 2. The normalized spacial score (nSPS) is 14.5. The van der Waals surface area contributed by atoms with Crippen molar-refractivity contribution in [3.63, 3.8) is 0 Å². The van der Waals surface area contributed by atoms with Crippen molar-refractivity contribution in [1.29, 1.82) is 5.26 Å². The van der Waals surface area contributed by atoms with Crippen LogP contribution in [0.4, 0.5) is 23.7 Å². The van der Waals surface area contributed by atoms with Crippen LogP contribution in [0.5, 0.6) is 0 Å². The van der Waals surface area contributed by atoms with E-state index in [0.717, 1.165) is 16.7 Å². The Morgan fingerprint density at radius 1 is 1.10 bits per heavy atom. The number of nitrogens with one attached hydrogen (secondary N) is 1. The number of nitrogens with zero attached hydrogens (tertiary/aromatic N) is 3. The lowest BCUT2D eigenvalue weighted by atomic mass is 10.00. The van der Waals surface area contributed by atoms with Crippen LogP contribution in [0.2, 0.25) is 0 Å². The lowest BCUT2D eigenvalue weighted by molar-refractivity contribution is -0.138. The van der Waals surface area contributed by atoms with Crippen molar-refractivity contribution in [2.45, 2.75) is 57.5 Å². The molecular formula is C28H34F3N5O3S. The average Bonchev–Trinajstić information content (AvgIpc) is 2.86. The molecule has 0 bridgehead atoms. The smallest absolute Gasteiger partial charge is 0.416 e. The fraction of sp³-hybridized carbons (Fsp3) is 0.464. The van der Waals surface area contributed by atoms with Gasteiger partial charge in [0.1, 0.15) is 5.60 Å². The summed E-state index contributed by atoms with van der Waals surface area (Å²) in [4.78, 5) is 29.5. The molecule has 0 radical (unpaired) electrons. The maximum Gasteiger partial charge on any atom is 0.416 e. The van der Waals surface area contributed by atoms with Gasteiger partial charge in [-0.1, -0.05) is 6.92 Å². The molecule has 2 aromatic rings. The number of rotatable bonds is 7. The van der Waals surface area contributed by atoms with Crippen LogP contribution in [-0.2, 0) is 24.0 Å². The van der Waals surface area contributed by atoms with Gasteiger partial charge >= 0.3 is 12.3 Å².